The quantitative estimate of drug-likeness (QED) is 0.490. The molecule has 0 saturated carbocycles. The van der Waals surface area contributed by atoms with Gasteiger partial charge in [0.25, 0.3) is 5.91 Å². The van der Waals surface area contributed by atoms with Crippen molar-refractivity contribution >= 4 is 33.4 Å². The molecule has 2 aromatic carbocycles. The van der Waals surface area contributed by atoms with Crippen molar-refractivity contribution in [2.75, 3.05) is 13.4 Å². The first-order valence-corrected chi connectivity index (χ1v) is 9.65. The number of terminal acetylenes is 1. The van der Waals surface area contributed by atoms with E-state index in [-0.39, 0.29) is 13.3 Å². The molecule has 1 amide bonds. The van der Waals surface area contributed by atoms with Gasteiger partial charge in [0.1, 0.15) is 0 Å². The summed E-state index contributed by atoms with van der Waals surface area (Å²) in [6.45, 7) is 2.42. The summed E-state index contributed by atoms with van der Waals surface area (Å²) in [5, 5.41) is 0. The van der Waals surface area contributed by atoms with Crippen molar-refractivity contribution < 1.29 is 23.8 Å². The highest BCUT2D eigenvalue weighted by atomic mass is 32.1. The average Bonchev–Trinajstić information content (AvgIpc) is 3.32. The van der Waals surface area contributed by atoms with E-state index in [9.17, 15) is 9.59 Å². The van der Waals surface area contributed by atoms with Crippen LogP contribution in [0.5, 0.6) is 11.5 Å². The third kappa shape index (κ3) is 3.60. The number of carbonyl (C=O) groups is 2. The lowest BCUT2D eigenvalue weighted by Crippen LogP contribution is -2.16. The van der Waals surface area contributed by atoms with Crippen LogP contribution in [-0.2, 0) is 11.3 Å². The predicted octanol–water partition coefficient (Wildman–Crippen LogP) is 2.98. The Labute approximate surface area is 170 Å². The lowest BCUT2D eigenvalue weighted by molar-refractivity contribution is 0.0526. The van der Waals surface area contributed by atoms with E-state index in [4.69, 9.17) is 20.6 Å². The second kappa shape index (κ2) is 7.81. The smallest absolute Gasteiger partial charge is 0.338 e. The number of thiazole rings is 1. The van der Waals surface area contributed by atoms with Gasteiger partial charge < -0.3 is 18.8 Å². The number of ether oxygens (including phenoxy) is 3. The first-order chi connectivity index (χ1) is 14.1. The number of hydrogen-bond acceptors (Lipinski definition) is 6. The molecule has 1 aliphatic rings. The molecule has 8 heteroatoms. The van der Waals surface area contributed by atoms with Crippen LogP contribution < -0.4 is 14.3 Å². The molecule has 0 radical (unpaired) electrons. The Bertz CT molecular complexity index is 1230. The van der Waals surface area contributed by atoms with E-state index in [2.05, 4.69) is 10.9 Å². The minimum atomic E-state index is -0.425. The van der Waals surface area contributed by atoms with Crippen LogP contribution in [0.4, 0.5) is 0 Å². The van der Waals surface area contributed by atoms with E-state index < -0.39 is 11.9 Å². The number of carbonyl (C=O) groups excluding carboxylic acids is 2. The van der Waals surface area contributed by atoms with Crippen LogP contribution in [0.15, 0.2) is 41.4 Å². The first-order valence-electron chi connectivity index (χ1n) is 8.83. The molecule has 29 heavy (non-hydrogen) atoms. The second-order valence-corrected chi connectivity index (χ2v) is 7.07. The molecule has 0 unspecified atom stereocenters. The summed E-state index contributed by atoms with van der Waals surface area (Å²) < 4.78 is 18.2. The maximum atomic E-state index is 12.7. The van der Waals surface area contributed by atoms with Crippen molar-refractivity contribution in [2.24, 2.45) is 4.99 Å². The lowest BCUT2D eigenvalue weighted by atomic mass is 10.2. The molecule has 7 nitrogen and oxygen atoms in total. The summed E-state index contributed by atoms with van der Waals surface area (Å²) in [4.78, 5) is 29.4. The molecule has 0 saturated heterocycles. The van der Waals surface area contributed by atoms with Gasteiger partial charge in [0.2, 0.25) is 6.79 Å². The number of aromatic nitrogens is 1. The average molecular weight is 408 g/mol. The minimum Gasteiger partial charge on any atom is -0.462 e. The van der Waals surface area contributed by atoms with Crippen LogP contribution in [0.3, 0.4) is 0 Å². The largest absolute Gasteiger partial charge is 0.462 e. The molecule has 0 bridgehead atoms. The third-order valence-electron chi connectivity index (χ3n) is 4.26. The van der Waals surface area contributed by atoms with Gasteiger partial charge in [0, 0.05) is 5.56 Å². The Balaban J connectivity index is 1.77. The fraction of sp³-hybridized carbons (Fsp3) is 0.190. The molecule has 0 spiro atoms. The molecular formula is C21H16N2O5S. The van der Waals surface area contributed by atoms with Gasteiger partial charge in [-0.2, -0.15) is 4.99 Å². The van der Waals surface area contributed by atoms with Crippen molar-refractivity contribution in [2.45, 2.75) is 13.5 Å². The fourth-order valence-corrected chi connectivity index (χ4v) is 3.99. The summed E-state index contributed by atoms with van der Waals surface area (Å²) in [5.74, 6) is 2.86. The second-order valence-electron chi connectivity index (χ2n) is 6.06. The van der Waals surface area contributed by atoms with Crippen LogP contribution in [0.2, 0.25) is 0 Å². The van der Waals surface area contributed by atoms with E-state index in [0.29, 0.717) is 34.0 Å². The topological polar surface area (TPSA) is 79.1 Å². The summed E-state index contributed by atoms with van der Waals surface area (Å²) in [6, 6.07) is 10.1. The van der Waals surface area contributed by atoms with Gasteiger partial charge in [-0.3, -0.25) is 4.79 Å². The number of rotatable bonds is 4. The first kappa shape index (κ1) is 18.8. The Morgan fingerprint density at radius 1 is 1.21 bits per heavy atom. The van der Waals surface area contributed by atoms with Crippen LogP contribution in [0.1, 0.15) is 27.6 Å². The number of nitrogens with zero attached hydrogens (tertiary/aromatic N) is 2. The van der Waals surface area contributed by atoms with E-state index in [1.807, 2.05) is 0 Å². The van der Waals surface area contributed by atoms with E-state index in [1.165, 1.54) is 11.3 Å². The van der Waals surface area contributed by atoms with Gasteiger partial charge in [0.15, 0.2) is 16.3 Å². The molecule has 0 aliphatic carbocycles. The Morgan fingerprint density at radius 2 is 2.00 bits per heavy atom. The zero-order chi connectivity index (χ0) is 20.4. The number of amides is 1. The predicted molar refractivity (Wildman–Crippen MR) is 107 cm³/mol. The molecule has 1 aromatic heterocycles. The van der Waals surface area contributed by atoms with Gasteiger partial charge in [-0.15, -0.1) is 6.42 Å². The summed E-state index contributed by atoms with van der Waals surface area (Å²) in [6.07, 6.45) is 5.50. The van der Waals surface area contributed by atoms with Crippen LogP contribution in [0, 0.1) is 12.3 Å². The van der Waals surface area contributed by atoms with E-state index >= 15 is 0 Å². The molecule has 2 heterocycles. The van der Waals surface area contributed by atoms with Gasteiger partial charge in [-0.05, 0) is 43.3 Å². The molecule has 3 aromatic rings. The normalized spacial score (nSPS) is 12.8. The maximum Gasteiger partial charge on any atom is 0.338 e. The fourth-order valence-electron chi connectivity index (χ4n) is 2.93. The van der Waals surface area contributed by atoms with Crippen molar-refractivity contribution in [3.8, 4) is 23.8 Å². The number of hydrogen-bond donors (Lipinski definition) is 0. The van der Waals surface area contributed by atoms with Crippen molar-refractivity contribution in [1.29, 1.82) is 0 Å². The molecular weight excluding hydrogens is 392 g/mol. The molecule has 0 fully saturated rings. The maximum absolute atomic E-state index is 12.7. The Morgan fingerprint density at radius 3 is 2.79 bits per heavy atom. The summed E-state index contributed by atoms with van der Waals surface area (Å²) in [5.41, 5.74) is 1.60. The zero-order valence-corrected chi connectivity index (χ0v) is 16.3. The van der Waals surface area contributed by atoms with Crippen LogP contribution in [-0.4, -0.2) is 29.8 Å². The monoisotopic (exact) mass is 408 g/mol. The minimum absolute atomic E-state index is 0.130. The van der Waals surface area contributed by atoms with Crippen LogP contribution >= 0.6 is 11.3 Å². The molecule has 0 N–H and O–H groups in total. The van der Waals surface area contributed by atoms with Gasteiger partial charge in [0.05, 0.1) is 28.9 Å². The van der Waals surface area contributed by atoms with E-state index in [1.54, 1.807) is 47.9 Å². The van der Waals surface area contributed by atoms with Crippen molar-refractivity contribution in [1.82, 2.24) is 4.57 Å². The standard InChI is InChI=1S/C21H16N2O5S/c1-3-9-23-15-7-5-14(20(25)26-4-2)11-18(15)29-21(23)22-19(24)13-6-8-16-17(10-13)28-12-27-16/h1,5-8,10-11H,4,9,12H2,2H3. The highest BCUT2D eigenvalue weighted by Crippen LogP contribution is 2.32. The Hall–Kier alpha value is -3.57. The molecule has 0 atom stereocenters. The van der Waals surface area contributed by atoms with Crippen LogP contribution in [0.25, 0.3) is 10.2 Å². The highest BCUT2D eigenvalue weighted by molar-refractivity contribution is 7.16. The number of esters is 1. The van der Waals surface area contributed by atoms with E-state index in [0.717, 1.165) is 10.2 Å². The highest BCUT2D eigenvalue weighted by Gasteiger charge is 2.17. The van der Waals surface area contributed by atoms with Gasteiger partial charge in [-0.25, -0.2) is 4.79 Å². The zero-order valence-electron chi connectivity index (χ0n) is 15.5. The number of benzene rings is 2. The van der Waals surface area contributed by atoms with Gasteiger partial charge >= 0.3 is 5.97 Å². The van der Waals surface area contributed by atoms with Crippen molar-refractivity contribution in [3.63, 3.8) is 0 Å². The third-order valence-corrected chi connectivity index (χ3v) is 5.30. The van der Waals surface area contributed by atoms with Crippen molar-refractivity contribution in [3.05, 3.63) is 52.3 Å². The Kier molecular flexibility index (Phi) is 5.06. The SMILES string of the molecule is C#CCn1c(=NC(=O)c2ccc3c(c2)OCO3)sc2cc(C(=O)OCC)ccc21. The molecule has 1 aliphatic heterocycles. The molecule has 4 rings (SSSR count). The van der Waals surface area contributed by atoms with Gasteiger partial charge in [-0.1, -0.05) is 17.3 Å². The number of fused-ring (bicyclic) bond motifs is 2. The summed E-state index contributed by atoms with van der Waals surface area (Å²) >= 11 is 1.28. The molecule has 146 valence electrons. The summed E-state index contributed by atoms with van der Waals surface area (Å²) in [7, 11) is 0. The lowest BCUT2D eigenvalue weighted by Gasteiger charge is -2.03.